The van der Waals surface area contributed by atoms with Crippen LogP contribution < -0.4 is 0 Å². The van der Waals surface area contributed by atoms with Crippen LogP contribution in [-0.4, -0.2) is 55.7 Å². The number of nitriles is 1. The Hall–Kier alpha value is -3.67. The molecule has 1 N–H and O–H groups in total. The maximum absolute atomic E-state index is 14.7. The predicted molar refractivity (Wildman–Crippen MR) is 136 cm³/mol. The SMILES string of the molecule is N#Cc1ccc(S(=O)(=O)[C@@]2(c3ccc(C(F)(C(F)(F)F)C(F)(F)F)cc3)CCN(C(=O)[C@H]3CC[C@H](C(=O)O)CC3)C2)cc1. The standard InChI is InChI=1S/C28H25F7N2O5S/c29-26(27(30,31)32,28(33,34)35)21-9-7-20(8-10-21)25(43(41,42)22-11-1-17(15-36)2-12-22)13-14-37(16-25)23(38)18-3-5-19(6-4-18)24(39)40/h1-2,7-12,18-19H,3-6,13-14,16H2,(H,39,40)/t18-,19-,25-/m0/s1. The summed E-state index contributed by atoms with van der Waals surface area (Å²) in [5.74, 6) is -2.66. The molecule has 15 heteroatoms. The van der Waals surface area contributed by atoms with Gasteiger partial charge in [0.15, 0.2) is 9.84 Å². The maximum Gasteiger partial charge on any atom is 0.435 e. The third-order valence-electron chi connectivity index (χ3n) is 8.37. The van der Waals surface area contributed by atoms with Gasteiger partial charge in [-0.2, -0.15) is 31.6 Å². The highest BCUT2D eigenvalue weighted by Gasteiger charge is 2.73. The zero-order valence-corrected chi connectivity index (χ0v) is 23.1. The summed E-state index contributed by atoms with van der Waals surface area (Å²) in [7, 11) is -4.52. The molecule has 0 aromatic heterocycles. The summed E-state index contributed by atoms with van der Waals surface area (Å²) in [4.78, 5) is 25.6. The van der Waals surface area contributed by atoms with Crippen LogP contribution in [0.5, 0.6) is 0 Å². The van der Waals surface area contributed by atoms with Gasteiger partial charge in [-0.05, 0) is 61.9 Å². The molecule has 43 heavy (non-hydrogen) atoms. The van der Waals surface area contributed by atoms with Gasteiger partial charge >= 0.3 is 24.0 Å². The van der Waals surface area contributed by atoms with Crippen molar-refractivity contribution in [2.24, 2.45) is 11.8 Å². The number of amides is 1. The number of carbonyl (C=O) groups excluding carboxylic acids is 1. The number of aliphatic carboxylic acids is 1. The van der Waals surface area contributed by atoms with E-state index in [0.717, 1.165) is 12.1 Å². The highest BCUT2D eigenvalue weighted by atomic mass is 32.2. The van der Waals surface area contributed by atoms with Crippen molar-refractivity contribution in [1.29, 1.82) is 5.26 Å². The van der Waals surface area contributed by atoms with E-state index in [1.165, 1.54) is 17.0 Å². The summed E-state index contributed by atoms with van der Waals surface area (Å²) >= 11 is 0. The first kappa shape index (κ1) is 32.2. The highest BCUT2D eigenvalue weighted by molar-refractivity contribution is 7.92. The zero-order valence-electron chi connectivity index (χ0n) is 22.3. The number of carboxylic acids is 1. The Balaban J connectivity index is 1.76. The lowest BCUT2D eigenvalue weighted by atomic mass is 9.81. The molecule has 4 rings (SSSR count). The number of nitrogens with zero attached hydrogens (tertiary/aromatic N) is 2. The first-order chi connectivity index (χ1) is 19.9. The molecule has 2 aliphatic rings. The molecule has 1 saturated heterocycles. The van der Waals surface area contributed by atoms with Crippen molar-refractivity contribution in [3.63, 3.8) is 0 Å². The second kappa shape index (κ2) is 11.1. The molecule has 2 aromatic carbocycles. The van der Waals surface area contributed by atoms with E-state index in [4.69, 9.17) is 5.26 Å². The van der Waals surface area contributed by atoms with Crippen LogP contribution in [0.25, 0.3) is 0 Å². The van der Waals surface area contributed by atoms with Gasteiger partial charge in [0, 0.05) is 24.6 Å². The van der Waals surface area contributed by atoms with E-state index in [-0.39, 0.29) is 66.8 Å². The fourth-order valence-electron chi connectivity index (χ4n) is 5.85. The molecule has 7 nitrogen and oxygen atoms in total. The van der Waals surface area contributed by atoms with Crippen molar-refractivity contribution in [3.05, 3.63) is 65.2 Å². The first-order valence-corrected chi connectivity index (χ1v) is 14.6. The fourth-order valence-corrected chi connectivity index (χ4v) is 7.93. The molecule has 1 aliphatic carbocycles. The van der Waals surface area contributed by atoms with Crippen molar-refractivity contribution < 1.29 is 53.8 Å². The Morgan fingerprint density at radius 3 is 1.84 bits per heavy atom. The lowest BCUT2D eigenvalue weighted by Gasteiger charge is -2.33. The largest absolute Gasteiger partial charge is 0.481 e. The van der Waals surface area contributed by atoms with E-state index < -0.39 is 68.4 Å². The number of likely N-dealkylation sites (tertiary alicyclic amines) is 1. The number of alkyl halides is 7. The fraction of sp³-hybridized carbons (Fsp3) is 0.464. The molecule has 1 amide bonds. The number of carboxylic acid groups (broad SMARTS) is 1. The van der Waals surface area contributed by atoms with Crippen molar-refractivity contribution in [3.8, 4) is 6.07 Å². The molecule has 1 saturated carbocycles. The molecule has 1 aliphatic heterocycles. The third-order valence-corrected chi connectivity index (χ3v) is 10.9. The number of benzene rings is 2. The maximum atomic E-state index is 14.7. The minimum absolute atomic E-state index is 0.121. The first-order valence-electron chi connectivity index (χ1n) is 13.1. The molecule has 0 bridgehead atoms. The number of rotatable bonds is 6. The third kappa shape index (κ3) is 5.45. The smallest absolute Gasteiger partial charge is 0.435 e. The van der Waals surface area contributed by atoms with Crippen LogP contribution in [0.3, 0.4) is 0 Å². The number of hydrogen-bond acceptors (Lipinski definition) is 5. The molecular formula is C28H25F7N2O5S. The van der Waals surface area contributed by atoms with Gasteiger partial charge in [0.2, 0.25) is 5.91 Å². The second-order valence-electron chi connectivity index (χ2n) is 10.8. The van der Waals surface area contributed by atoms with Crippen molar-refractivity contribution in [2.75, 3.05) is 13.1 Å². The van der Waals surface area contributed by atoms with Crippen molar-refractivity contribution in [1.82, 2.24) is 4.90 Å². The Labute approximate surface area is 241 Å². The summed E-state index contributed by atoms with van der Waals surface area (Å²) in [5.41, 5.74) is -7.64. The quantitative estimate of drug-likeness (QED) is 0.412. The van der Waals surface area contributed by atoms with E-state index >= 15 is 0 Å². The second-order valence-corrected chi connectivity index (χ2v) is 13.0. The Morgan fingerprint density at radius 1 is 0.860 bits per heavy atom. The van der Waals surface area contributed by atoms with Gasteiger partial charge in [0.05, 0.1) is 22.4 Å². The van der Waals surface area contributed by atoms with Gasteiger partial charge in [-0.3, -0.25) is 9.59 Å². The Kier molecular flexibility index (Phi) is 8.33. The van der Waals surface area contributed by atoms with Gasteiger partial charge in [-0.1, -0.05) is 24.3 Å². The van der Waals surface area contributed by atoms with Gasteiger partial charge in [-0.25, -0.2) is 12.8 Å². The van der Waals surface area contributed by atoms with Gasteiger partial charge in [-0.15, -0.1) is 0 Å². The summed E-state index contributed by atoms with van der Waals surface area (Å²) in [6, 6.07) is 8.37. The van der Waals surface area contributed by atoms with Crippen LogP contribution in [0, 0.1) is 23.2 Å². The van der Waals surface area contributed by atoms with Gasteiger partial charge in [0.1, 0.15) is 4.75 Å². The van der Waals surface area contributed by atoms with E-state index in [2.05, 4.69) is 0 Å². The molecule has 232 valence electrons. The molecule has 1 heterocycles. The minimum Gasteiger partial charge on any atom is -0.481 e. The normalized spacial score (nSPS) is 23.5. The summed E-state index contributed by atoms with van der Waals surface area (Å²) in [5, 5.41) is 18.3. The van der Waals surface area contributed by atoms with Gasteiger partial charge in [0.25, 0.3) is 0 Å². The molecule has 0 spiro atoms. The topological polar surface area (TPSA) is 116 Å². The van der Waals surface area contributed by atoms with Crippen LogP contribution in [0.1, 0.15) is 48.8 Å². The average molecular weight is 635 g/mol. The van der Waals surface area contributed by atoms with E-state index in [1.807, 2.05) is 6.07 Å². The van der Waals surface area contributed by atoms with Crippen LogP contribution in [-0.2, 0) is 29.8 Å². The number of carbonyl (C=O) groups is 2. The van der Waals surface area contributed by atoms with Gasteiger partial charge < -0.3 is 10.0 Å². The Bertz CT molecular complexity index is 1510. The number of hydrogen-bond donors (Lipinski definition) is 1. The molecule has 0 unspecified atom stereocenters. The van der Waals surface area contributed by atoms with Crippen LogP contribution >= 0.6 is 0 Å². The highest BCUT2D eigenvalue weighted by Crippen LogP contribution is 2.54. The monoisotopic (exact) mass is 634 g/mol. The number of sulfone groups is 1. The van der Waals surface area contributed by atoms with Crippen molar-refractivity contribution >= 4 is 21.7 Å². The zero-order chi connectivity index (χ0) is 32.0. The minimum atomic E-state index is -6.37. The molecule has 2 aromatic rings. The summed E-state index contributed by atoms with van der Waals surface area (Å²) in [6.45, 7) is -0.640. The number of halogens is 7. The van der Waals surface area contributed by atoms with Crippen LogP contribution in [0.2, 0.25) is 0 Å². The van der Waals surface area contributed by atoms with E-state index in [9.17, 15) is 53.8 Å². The molecule has 2 fully saturated rings. The van der Waals surface area contributed by atoms with Crippen LogP contribution in [0.15, 0.2) is 53.4 Å². The van der Waals surface area contributed by atoms with E-state index in [0.29, 0.717) is 12.1 Å². The molecular weight excluding hydrogens is 609 g/mol. The molecule has 0 radical (unpaired) electrons. The Morgan fingerprint density at radius 2 is 1.37 bits per heavy atom. The average Bonchev–Trinajstić information content (AvgIpc) is 3.43. The van der Waals surface area contributed by atoms with E-state index in [1.54, 1.807) is 0 Å². The predicted octanol–water partition coefficient (Wildman–Crippen LogP) is 5.64. The molecule has 1 atom stereocenters. The lowest BCUT2D eigenvalue weighted by molar-refractivity contribution is -0.348. The lowest BCUT2D eigenvalue weighted by Crippen LogP contribution is -2.50. The summed E-state index contributed by atoms with van der Waals surface area (Å²) < 4.78 is 121. The summed E-state index contributed by atoms with van der Waals surface area (Å²) in [6.07, 6.45) is -12.1. The van der Waals surface area contributed by atoms with Crippen LogP contribution in [0.4, 0.5) is 30.7 Å². The van der Waals surface area contributed by atoms with Crippen molar-refractivity contribution in [2.45, 2.75) is 59.8 Å².